The molecule has 0 saturated carbocycles. The SMILES string of the molecule is CN=C(NCc1ccc(CN2CCCCC2)cc1)NCC1CCCN(C)C1.I. The van der Waals surface area contributed by atoms with Crippen molar-refractivity contribution in [2.75, 3.05) is 46.8 Å². The summed E-state index contributed by atoms with van der Waals surface area (Å²) in [5.41, 5.74) is 2.72. The van der Waals surface area contributed by atoms with Gasteiger partial charge in [-0.3, -0.25) is 9.89 Å². The van der Waals surface area contributed by atoms with Gasteiger partial charge in [0.05, 0.1) is 0 Å². The van der Waals surface area contributed by atoms with E-state index in [9.17, 15) is 0 Å². The first-order valence-corrected chi connectivity index (χ1v) is 10.7. The highest BCUT2D eigenvalue weighted by atomic mass is 127. The molecule has 0 spiro atoms. The number of aliphatic imine (C=N–C) groups is 1. The molecule has 2 aliphatic heterocycles. The van der Waals surface area contributed by atoms with Gasteiger partial charge in [-0.05, 0) is 69.4 Å². The Hall–Kier alpha value is -0.860. The number of piperidine rings is 2. The fraction of sp³-hybridized carbons (Fsp3) is 0.682. The standard InChI is InChI=1S/C22H37N5.HI/c1-23-22(25-16-21-7-6-12-26(2)17-21)24-15-19-8-10-20(11-9-19)18-27-13-4-3-5-14-27;/h8-11,21H,3-7,12-18H2,1-2H3,(H2,23,24,25);1H. The molecule has 0 bridgehead atoms. The van der Waals surface area contributed by atoms with Crippen LogP contribution in [-0.4, -0.2) is 62.6 Å². The smallest absolute Gasteiger partial charge is 0.191 e. The molecule has 2 saturated heterocycles. The summed E-state index contributed by atoms with van der Waals surface area (Å²) >= 11 is 0. The molecule has 2 aliphatic rings. The summed E-state index contributed by atoms with van der Waals surface area (Å²) in [6, 6.07) is 9.05. The first kappa shape index (κ1) is 23.4. The quantitative estimate of drug-likeness (QED) is 0.358. The number of benzene rings is 1. The van der Waals surface area contributed by atoms with Crippen LogP contribution in [0, 0.1) is 5.92 Å². The number of guanidine groups is 1. The molecule has 5 nitrogen and oxygen atoms in total. The van der Waals surface area contributed by atoms with Crippen molar-refractivity contribution < 1.29 is 0 Å². The lowest BCUT2D eigenvalue weighted by molar-refractivity contribution is 0.210. The molecular weight excluding hydrogens is 461 g/mol. The Morgan fingerprint density at radius 3 is 2.39 bits per heavy atom. The number of rotatable bonds is 6. The van der Waals surface area contributed by atoms with E-state index in [2.05, 4.69) is 56.7 Å². The van der Waals surface area contributed by atoms with Crippen molar-refractivity contribution in [1.82, 2.24) is 20.4 Å². The Kier molecular flexibility index (Phi) is 10.6. The third kappa shape index (κ3) is 7.87. The molecule has 1 aromatic carbocycles. The minimum absolute atomic E-state index is 0. The van der Waals surface area contributed by atoms with Gasteiger partial charge in [-0.2, -0.15) is 0 Å². The van der Waals surface area contributed by atoms with E-state index in [1.165, 1.54) is 69.4 Å². The summed E-state index contributed by atoms with van der Waals surface area (Å²) < 4.78 is 0. The first-order chi connectivity index (χ1) is 13.2. The lowest BCUT2D eigenvalue weighted by Crippen LogP contribution is -2.43. The van der Waals surface area contributed by atoms with Gasteiger partial charge in [-0.1, -0.05) is 30.7 Å². The van der Waals surface area contributed by atoms with Crippen LogP contribution in [0.25, 0.3) is 0 Å². The fourth-order valence-electron chi connectivity index (χ4n) is 4.23. The molecule has 1 unspecified atom stereocenters. The van der Waals surface area contributed by atoms with Crippen LogP contribution in [0.2, 0.25) is 0 Å². The van der Waals surface area contributed by atoms with Crippen LogP contribution in [0.4, 0.5) is 0 Å². The second-order valence-electron chi connectivity index (χ2n) is 8.23. The summed E-state index contributed by atoms with van der Waals surface area (Å²) in [4.78, 5) is 9.38. The van der Waals surface area contributed by atoms with Crippen molar-refractivity contribution in [3.05, 3.63) is 35.4 Å². The minimum Gasteiger partial charge on any atom is -0.356 e. The largest absolute Gasteiger partial charge is 0.356 e. The summed E-state index contributed by atoms with van der Waals surface area (Å²) in [5.74, 6) is 1.62. The highest BCUT2D eigenvalue weighted by Gasteiger charge is 2.17. The van der Waals surface area contributed by atoms with Gasteiger partial charge in [0.15, 0.2) is 5.96 Å². The molecule has 0 radical (unpaired) electrons. The van der Waals surface area contributed by atoms with Crippen molar-refractivity contribution in [2.24, 2.45) is 10.9 Å². The lowest BCUT2D eigenvalue weighted by atomic mass is 9.99. The van der Waals surface area contributed by atoms with Crippen molar-refractivity contribution in [2.45, 2.75) is 45.2 Å². The number of hydrogen-bond acceptors (Lipinski definition) is 3. The first-order valence-electron chi connectivity index (χ1n) is 10.7. The van der Waals surface area contributed by atoms with E-state index in [0.29, 0.717) is 0 Å². The summed E-state index contributed by atoms with van der Waals surface area (Å²) in [6.45, 7) is 7.82. The Morgan fingerprint density at radius 1 is 1.00 bits per heavy atom. The minimum atomic E-state index is 0. The third-order valence-electron chi connectivity index (χ3n) is 5.84. The third-order valence-corrected chi connectivity index (χ3v) is 5.84. The zero-order chi connectivity index (χ0) is 18.9. The second-order valence-corrected chi connectivity index (χ2v) is 8.23. The second kappa shape index (κ2) is 12.6. The van der Waals surface area contributed by atoms with Gasteiger partial charge in [0, 0.05) is 33.2 Å². The molecule has 1 aromatic rings. The number of hydrogen-bond donors (Lipinski definition) is 2. The van der Waals surface area contributed by atoms with Gasteiger partial charge in [0.1, 0.15) is 0 Å². The lowest BCUT2D eigenvalue weighted by Gasteiger charge is -2.30. The van der Waals surface area contributed by atoms with Crippen molar-refractivity contribution in [3.8, 4) is 0 Å². The zero-order valence-corrected chi connectivity index (χ0v) is 20.0. The van der Waals surface area contributed by atoms with Crippen LogP contribution in [0.5, 0.6) is 0 Å². The highest BCUT2D eigenvalue weighted by molar-refractivity contribution is 14.0. The van der Waals surface area contributed by atoms with Crippen LogP contribution in [0.1, 0.15) is 43.2 Å². The molecule has 158 valence electrons. The van der Waals surface area contributed by atoms with E-state index >= 15 is 0 Å². The van der Waals surface area contributed by atoms with Gasteiger partial charge >= 0.3 is 0 Å². The average Bonchev–Trinajstić information content (AvgIpc) is 2.70. The van der Waals surface area contributed by atoms with E-state index in [1.807, 2.05) is 7.05 Å². The predicted octanol–water partition coefficient (Wildman–Crippen LogP) is 3.30. The van der Waals surface area contributed by atoms with Gasteiger partial charge in [0.25, 0.3) is 0 Å². The van der Waals surface area contributed by atoms with E-state index in [0.717, 1.165) is 31.5 Å². The van der Waals surface area contributed by atoms with Crippen LogP contribution in [0.15, 0.2) is 29.3 Å². The predicted molar refractivity (Wildman–Crippen MR) is 129 cm³/mol. The molecule has 0 aromatic heterocycles. The maximum absolute atomic E-state index is 4.38. The molecule has 6 heteroatoms. The van der Waals surface area contributed by atoms with Gasteiger partial charge in [0.2, 0.25) is 0 Å². The van der Waals surface area contributed by atoms with Crippen LogP contribution < -0.4 is 10.6 Å². The van der Waals surface area contributed by atoms with Crippen molar-refractivity contribution >= 4 is 29.9 Å². The summed E-state index contributed by atoms with van der Waals surface area (Å²) in [7, 11) is 4.07. The molecular formula is C22H38IN5. The molecule has 2 fully saturated rings. The number of halogens is 1. The molecule has 2 N–H and O–H groups in total. The van der Waals surface area contributed by atoms with Crippen molar-refractivity contribution in [1.29, 1.82) is 0 Å². The highest BCUT2D eigenvalue weighted by Crippen LogP contribution is 2.14. The van der Waals surface area contributed by atoms with E-state index < -0.39 is 0 Å². The number of nitrogens with one attached hydrogen (secondary N) is 2. The fourth-order valence-corrected chi connectivity index (χ4v) is 4.23. The molecule has 3 rings (SSSR count). The van der Waals surface area contributed by atoms with Gasteiger partial charge in [-0.15, -0.1) is 24.0 Å². The molecule has 1 atom stereocenters. The number of nitrogens with zero attached hydrogens (tertiary/aromatic N) is 3. The maximum atomic E-state index is 4.38. The molecule has 0 amide bonds. The molecule has 2 heterocycles. The van der Waals surface area contributed by atoms with Gasteiger partial charge < -0.3 is 15.5 Å². The van der Waals surface area contributed by atoms with Crippen molar-refractivity contribution in [3.63, 3.8) is 0 Å². The van der Waals surface area contributed by atoms with Crippen LogP contribution in [-0.2, 0) is 13.1 Å². The maximum Gasteiger partial charge on any atom is 0.191 e. The number of likely N-dealkylation sites (tertiary alicyclic amines) is 2. The van der Waals surface area contributed by atoms with Gasteiger partial charge in [-0.25, -0.2) is 0 Å². The van der Waals surface area contributed by atoms with Crippen LogP contribution >= 0.6 is 24.0 Å². The topological polar surface area (TPSA) is 42.9 Å². The Labute approximate surface area is 188 Å². The normalized spacial score (nSPS) is 21.8. The molecule has 0 aliphatic carbocycles. The van der Waals surface area contributed by atoms with E-state index in [4.69, 9.17) is 0 Å². The molecule has 28 heavy (non-hydrogen) atoms. The average molecular weight is 499 g/mol. The zero-order valence-electron chi connectivity index (χ0n) is 17.6. The Balaban J connectivity index is 0.00000280. The summed E-state index contributed by atoms with van der Waals surface area (Å²) in [6.07, 6.45) is 6.72. The van der Waals surface area contributed by atoms with E-state index in [-0.39, 0.29) is 24.0 Å². The van der Waals surface area contributed by atoms with E-state index in [1.54, 1.807) is 0 Å². The Morgan fingerprint density at radius 2 is 1.71 bits per heavy atom. The van der Waals surface area contributed by atoms with Crippen LogP contribution in [0.3, 0.4) is 0 Å². The Bertz CT molecular complexity index is 583. The monoisotopic (exact) mass is 499 g/mol. The summed E-state index contributed by atoms with van der Waals surface area (Å²) in [5, 5.41) is 6.95.